The van der Waals surface area contributed by atoms with Gasteiger partial charge in [0, 0.05) is 31.4 Å². The topological polar surface area (TPSA) is 3.24 Å². The van der Waals surface area contributed by atoms with E-state index in [1.807, 2.05) is 11.3 Å². The zero-order chi connectivity index (χ0) is 31.9. The summed E-state index contributed by atoms with van der Waals surface area (Å²) in [5.41, 5.74) is 10.7. The maximum absolute atomic E-state index is 2.48. The molecule has 0 aliphatic rings. The second kappa shape index (κ2) is 12.0. The molecule has 9 rings (SSSR count). The van der Waals surface area contributed by atoms with Gasteiger partial charge in [-0.05, 0) is 75.0 Å². The van der Waals surface area contributed by atoms with E-state index in [1.165, 1.54) is 70.0 Å². The summed E-state index contributed by atoms with van der Waals surface area (Å²) in [5.74, 6) is 0. The lowest BCUT2D eigenvalue weighted by atomic mass is 9.88. The Morgan fingerprint density at radius 3 is 1.73 bits per heavy atom. The molecule has 0 atom stereocenters. The lowest BCUT2D eigenvalue weighted by Gasteiger charge is -2.29. The molecule has 1 aromatic heterocycles. The Morgan fingerprint density at radius 1 is 0.354 bits per heavy atom. The van der Waals surface area contributed by atoms with Gasteiger partial charge in [0.15, 0.2) is 0 Å². The van der Waals surface area contributed by atoms with Gasteiger partial charge >= 0.3 is 0 Å². The van der Waals surface area contributed by atoms with Crippen molar-refractivity contribution in [1.29, 1.82) is 0 Å². The molecule has 0 amide bonds. The van der Waals surface area contributed by atoms with Crippen molar-refractivity contribution in [3.05, 3.63) is 188 Å². The highest BCUT2D eigenvalue weighted by atomic mass is 32.1. The van der Waals surface area contributed by atoms with Crippen LogP contribution < -0.4 is 4.90 Å². The summed E-state index contributed by atoms with van der Waals surface area (Å²) in [5, 5.41) is 5.02. The van der Waals surface area contributed by atoms with E-state index in [1.54, 1.807) is 0 Å². The average Bonchev–Trinajstić information content (AvgIpc) is 3.55. The summed E-state index contributed by atoms with van der Waals surface area (Å²) in [6.45, 7) is 0. The number of rotatable bonds is 6. The standard InChI is InChI=1S/C46H31NS/c1-2-16-33(17-3-1)36-19-6-7-20-37(36)38-21-8-9-22-39(38)40-23-10-12-25-42(40)47(35-30-29-32-15-4-5-18-34(32)31-35)43-26-14-28-45-46(43)41-24-11-13-27-44(41)48-45/h1-31H. The predicted octanol–water partition coefficient (Wildman–Crippen LogP) is 13.7. The van der Waals surface area contributed by atoms with Gasteiger partial charge in [-0.25, -0.2) is 0 Å². The molecule has 226 valence electrons. The molecule has 9 aromatic rings. The lowest BCUT2D eigenvalue weighted by Crippen LogP contribution is -2.11. The van der Waals surface area contributed by atoms with Crippen LogP contribution in [0.5, 0.6) is 0 Å². The molecule has 8 aromatic carbocycles. The second-order valence-corrected chi connectivity index (χ2v) is 13.2. The van der Waals surface area contributed by atoms with Gasteiger partial charge < -0.3 is 4.90 Å². The third kappa shape index (κ3) is 4.86. The van der Waals surface area contributed by atoms with Crippen molar-refractivity contribution in [1.82, 2.24) is 0 Å². The van der Waals surface area contributed by atoms with Crippen LogP contribution in [0.25, 0.3) is 64.3 Å². The summed E-state index contributed by atoms with van der Waals surface area (Å²) in [4.78, 5) is 2.48. The second-order valence-electron chi connectivity index (χ2n) is 12.1. The Kier molecular flexibility index (Phi) is 7.07. The van der Waals surface area contributed by atoms with E-state index in [9.17, 15) is 0 Å². The van der Waals surface area contributed by atoms with Crippen molar-refractivity contribution in [3.8, 4) is 33.4 Å². The molecule has 0 unspecified atom stereocenters. The highest BCUT2D eigenvalue weighted by Gasteiger charge is 2.23. The highest BCUT2D eigenvalue weighted by Crippen LogP contribution is 2.49. The maximum atomic E-state index is 2.48. The van der Waals surface area contributed by atoms with E-state index >= 15 is 0 Å². The molecule has 1 heterocycles. The summed E-state index contributed by atoms with van der Waals surface area (Å²) in [7, 11) is 0. The van der Waals surface area contributed by atoms with Gasteiger partial charge in [0.05, 0.1) is 11.4 Å². The molecule has 48 heavy (non-hydrogen) atoms. The molecule has 0 N–H and O–H groups in total. The van der Waals surface area contributed by atoms with E-state index < -0.39 is 0 Å². The minimum absolute atomic E-state index is 1.13. The van der Waals surface area contributed by atoms with Crippen molar-refractivity contribution < 1.29 is 0 Å². The Balaban J connectivity index is 1.32. The molecular formula is C46H31NS. The van der Waals surface area contributed by atoms with Crippen LogP contribution in [-0.4, -0.2) is 0 Å². The third-order valence-electron chi connectivity index (χ3n) is 9.28. The van der Waals surface area contributed by atoms with E-state index in [0.717, 1.165) is 11.4 Å². The smallest absolute Gasteiger partial charge is 0.0555 e. The van der Waals surface area contributed by atoms with Crippen molar-refractivity contribution in [2.75, 3.05) is 4.90 Å². The fourth-order valence-corrected chi connectivity index (χ4v) is 8.23. The van der Waals surface area contributed by atoms with E-state index in [0.29, 0.717) is 0 Å². The molecular weight excluding hydrogens is 599 g/mol. The lowest BCUT2D eigenvalue weighted by molar-refractivity contribution is 1.31. The van der Waals surface area contributed by atoms with E-state index in [2.05, 4.69) is 193 Å². The van der Waals surface area contributed by atoms with Crippen molar-refractivity contribution in [3.63, 3.8) is 0 Å². The Hall–Kier alpha value is -5.96. The Bertz CT molecular complexity index is 2580. The predicted molar refractivity (Wildman–Crippen MR) is 208 cm³/mol. The van der Waals surface area contributed by atoms with Crippen molar-refractivity contribution in [2.45, 2.75) is 0 Å². The number of benzene rings is 8. The van der Waals surface area contributed by atoms with Gasteiger partial charge in [0.2, 0.25) is 0 Å². The number of thiophene rings is 1. The number of nitrogens with zero attached hydrogens (tertiary/aromatic N) is 1. The molecule has 0 saturated heterocycles. The van der Waals surface area contributed by atoms with Crippen LogP contribution in [0.2, 0.25) is 0 Å². The van der Waals surface area contributed by atoms with Gasteiger partial charge in [0.1, 0.15) is 0 Å². The van der Waals surface area contributed by atoms with Crippen LogP contribution in [-0.2, 0) is 0 Å². The molecule has 0 radical (unpaired) electrons. The molecule has 1 nitrogen and oxygen atoms in total. The summed E-state index contributed by atoms with van der Waals surface area (Å²) in [6.07, 6.45) is 0. The van der Waals surface area contributed by atoms with Crippen LogP contribution in [0.4, 0.5) is 17.1 Å². The largest absolute Gasteiger partial charge is 0.309 e. The monoisotopic (exact) mass is 629 g/mol. The SMILES string of the molecule is c1ccc(-c2ccccc2-c2ccccc2-c2ccccc2N(c2ccc3ccccc3c2)c2cccc3sc4ccccc4c23)cc1. The average molecular weight is 630 g/mol. The maximum Gasteiger partial charge on any atom is 0.0555 e. The third-order valence-corrected chi connectivity index (χ3v) is 10.4. The fourth-order valence-electron chi connectivity index (χ4n) is 7.10. The van der Waals surface area contributed by atoms with Gasteiger partial charge in [-0.2, -0.15) is 0 Å². The molecule has 0 aliphatic heterocycles. The van der Waals surface area contributed by atoms with Crippen LogP contribution in [0.1, 0.15) is 0 Å². The first-order valence-corrected chi connectivity index (χ1v) is 17.2. The first-order valence-electron chi connectivity index (χ1n) is 16.4. The first kappa shape index (κ1) is 28.3. The zero-order valence-electron chi connectivity index (χ0n) is 26.3. The summed E-state index contributed by atoms with van der Waals surface area (Å²) >= 11 is 1.86. The summed E-state index contributed by atoms with van der Waals surface area (Å²) in [6, 6.07) is 68.2. The summed E-state index contributed by atoms with van der Waals surface area (Å²) < 4.78 is 2.59. The zero-order valence-corrected chi connectivity index (χ0v) is 27.1. The van der Waals surface area contributed by atoms with E-state index in [4.69, 9.17) is 0 Å². The van der Waals surface area contributed by atoms with E-state index in [-0.39, 0.29) is 0 Å². The van der Waals surface area contributed by atoms with Gasteiger partial charge in [0.25, 0.3) is 0 Å². The van der Waals surface area contributed by atoms with Crippen molar-refractivity contribution >= 4 is 59.3 Å². The van der Waals surface area contributed by atoms with Crippen LogP contribution in [0, 0.1) is 0 Å². The molecule has 0 aliphatic carbocycles. The number of anilines is 3. The number of hydrogen-bond acceptors (Lipinski definition) is 2. The van der Waals surface area contributed by atoms with Gasteiger partial charge in [-0.15, -0.1) is 11.3 Å². The van der Waals surface area contributed by atoms with Crippen molar-refractivity contribution in [2.24, 2.45) is 0 Å². The minimum atomic E-state index is 1.13. The quantitative estimate of drug-likeness (QED) is 0.177. The number of fused-ring (bicyclic) bond motifs is 4. The molecule has 0 spiro atoms. The molecule has 0 bridgehead atoms. The first-order chi connectivity index (χ1) is 23.8. The molecule has 2 heteroatoms. The van der Waals surface area contributed by atoms with Crippen LogP contribution >= 0.6 is 11.3 Å². The molecule has 0 fully saturated rings. The number of hydrogen-bond donors (Lipinski definition) is 0. The fraction of sp³-hybridized carbons (Fsp3) is 0. The molecule has 0 saturated carbocycles. The van der Waals surface area contributed by atoms with Crippen LogP contribution in [0.15, 0.2) is 188 Å². The normalized spacial score (nSPS) is 11.3. The Labute approximate surface area is 284 Å². The highest BCUT2D eigenvalue weighted by molar-refractivity contribution is 7.26. The Morgan fingerprint density at radius 2 is 0.917 bits per heavy atom. The number of para-hydroxylation sites is 1. The minimum Gasteiger partial charge on any atom is -0.309 e. The van der Waals surface area contributed by atoms with Gasteiger partial charge in [-0.1, -0.05) is 152 Å². The van der Waals surface area contributed by atoms with Gasteiger partial charge in [-0.3, -0.25) is 0 Å². The van der Waals surface area contributed by atoms with Crippen LogP contribution in [0.3, 0.4) is 0 Å².